The van der Waals surface area contributed by atoms with Gasteiger partial charge in [-0.2, -0.15) is 13.2 Å². The summed E-state index contributed by atoms with van der Waals surface area (Å²) >= 11 is 0. The molecule has 1 heterocycles. The van der Waals surface area contributed by atoms with Crippen LogP contribution in [-0.2, 0) is 10.9 Å². The molecule has 0 aliphatic carbocycles. The number of alkyl halides is 3. The Morgan fingerprint density at radius 2 is 2.17 bits per heavy atom. The molecule has 0 aromatic heterocycles. The third kappa shape index (κ3) is 3.23. The van der Waals surface area contributed by atoms with Crippen LogP contribution in [0.5, 0.6) is 0 Å². The number of halogens is 3. The van der Waals surface area contributed by atoms with E-state index in [1.54, 1.807) is 6.07 Å². The first-order valence-corrected chi connectivity index (χ1v) is 5.97. The first kappa shape index (κ1) is 13.4. The molecule has 2 unspecified atom stereocenters. The summed E-state index contributed by atoms with van der Waals surface area (Å²) in [5.74, 6) is 0.356. The molecule has 2 nitrogen and oxygen atoms in total. The highest BCUT2D eigenvalue weighted by molar-refractivity contribution is 5.27. The molecule has 0 bridgehead atoms. The highest BCUT2D eigenvalue weighted by atomic mass is 19.4. The lowest BCUT2D eigenvalue weighted by molar-refractivity contribution is -0.137. The average molecular weight is 259 g/mol. The van der Waals surface area contributed by atoms with Gasteiger partial charge in [0.25, 0.3) is 0 Å². The minimum Gasteiger partial charge on any atom is -0.381 e. The summed E-state index contributed by atoms with van der Waals surface area (Å²) in [5, 5.41) is 0. The topological polar surface area (TPSA) is 35.2 Å². The Kier molecular flexibility index (Phi) is 3.92. The first-order chi connectivity index (χ1) is 8.47. The number of ether oxygens (including phenoxy) is 1. The largest absolute Gasteiger partial charge is 0.416 e. The second kappa shape index (κ2) is 5.28. The minimum atomic E-state index is -4.31. The van der Waals surface area contributed by atoms with Crippen LogP contribution in [0.3, 0.4) is 0 Å². The van der Waals surface area contributed by atoms with Gasteiger partial charge in [-0.25, -0.2) is 0 Å². The fourth-order valence-corrected chi connectivity index (χ4v) is 2.21. The van der Waals surface area contributed by atoms with Crippen molar-refractivity contribution >= 4 is 0 Å². The molecule has 2 atom stereocenters. The van der Waals surface area contributed by atoms with Gasteiger partial charge in [0, 0.05) is 19.3 Å². The lowest BCUT2D eigenvalue weighted by Gasteiger charge is -2.17. The Bertz CT molecular complexity index is 399. The van der Waals surface area contributed by atoms with Crippen molar-refractivity contribution in [2.24, 2.45) is 11.7 Å². The zero-order valence-corrected chi connectivity index (χ0v) is 9.91. The van der Waals surface area contributed by atoms with E-state index in [0.29, 0.717) is 24.5 Å². The molecule has 5 heteroatoms. The smallest absolute Gasteiger partial charge is 0.381 e. The summed E-state index contributed by atoms with van der Waals surface area (Å²) in [7, 11) is 0. The maximum atomic E-state index is 12.6. The number of nitrogens with two attached hydrogens (primary N) is 1. The Morgan fingerprint density at radius 1 is 1.39 bits per heavy atom. The Balaban J connectivity index is 2.07. The zero-order valence-electron chi connectivity index (χ0n) is 9.91. The standard InChI is InChI=1S/C13H16F3NO/c14-13(15,16)11-3-1-2-10(7-11)12(17)6-9-4-5-18-8-9/h1-3,7,9,12H,4-6,8,17H2. The third-order valence-corrected chi connectivity index (χ3v) is 3.25. The van der Waals surface area contributed by atoms with Crippen LogP contribution in [0, 0.1) is 5.92 Å². The van der Waals surface area contributed by atoms with Crippen LogP contribution in [0.25, 0.3) is 0 Å². The Hall–Kier alpha value is -1.07. The van der Waals surface area contributed by atoms with Crippen molar-refractivity contribution in [2.45, 2.75) is 25.1 Å². The predicted molar refractivity (Wildman–Crippen MR) is 61.9 cm³/mol. The fourth-order valence-electron chi connectivity index (χ4n) is 2.21. The van der Waals surface area contributed by atoms with Crippen LogP contribution in [0.4, 0.5) is 13.2 Å². The van der Waals surface area contributed by atoms with E-state index in [9.17, 15) is 13.2 Å². The second-order valence-electron chi connectivity index (χ2n) is 4.70. The molecule has 2 N–H and O–H groups in total. The van der Waals surface area contributed by atoms with Crippen LogP contribution in [0.1, 0.15) is 30.0 Å². The monoisotopic (exact) mass is 259 g/mol. The molecule has 1 fully saturated rings. The van der Waals surface area contributed by atoms with Gasteiger partial charge in [0.2, 0.25) is 0 Å². The van der Waals surface area contributed by atoms with Gasteiger partial charge in [-0.3, -0.25) is 0 Å². The van der Waals surface area contributed by atoms with Crippen LogP contribution in [0.2, 0.25) is 0 Å². The summed E-state index contributed by atoms with van der Waals surface area (Å²) in [4.78, 5) is 0. The molecule has 100 valence electrons. The normalized spacial score (nSPS) is 22.1. The van der Waals surface area contributed by atoms with Crippen molar-refractivity contribution in [1.29, 1.82) is 0 Å². The van der Waals surface area contributed by atoms with Crippen LogP contribution >= 0.6 is 0 Å². The quantitative estimate of drug-likeness (QED) is 0.905. The Labute approximate surface area is 104 Å². The van der Waals surface area contributed by atoms with E-state index in [1.165, 1.54) is 6.07 Å². The van der Waals surface area contributed by atoms with Crippen molar-refractivity contribution in [3.63, 3.8) is 0 Å². The van der Waals surface area contributed by atoms with E-state index in [0.717, 1.165) is 25.2 Å². The van der Waals surface area contributed by atoms with Gasteiger partial charge < -0.3 is 10.5 Å². The molecule has 1 aromatic rings. The van der Waals surface area contributed by atoms with Crippen LogP contribution < -0.4 is 5.73 Å². The lowest BCUT2D eigenvalue weighted by atomic mass is 9.94. The fraction of sp³-hybridized carbons (Fsp3) is 0.538. The summed E-state index contributed by atoms with van der Waals surface area (Å²) in [6.07, 6.45) is -2.71. The zero-order chi connectivity index (χ0) is 13.2. The van der Waals surface area contributed by atoms with Gasteiger partial charge in [-0.1, -0.05) is 12.1 Å². The van der Waals surface area contributed by atoms with E-state index < -0.39 is 11.7 Å². The molecular weight excluding hydrogens is 243 g/mol. The maximum absolute atomic E-state index is 12.6. The highest BCUT2D eigenvalue weighted by Gasteiger charge is 2.31. The predicted octanol–water partition coefficient (Wildman–Crippen LogP) is 3.13. The van der Waals surface area contributed by atoms with Crippen LogP contribution in [0.15, 0.2) is 24.3 Å². The molecular formula is C13H16F3NO. The van der Waals surface area contributed by atoms with Crippen molar-refractivity contribution in [1.82, 2.24) is 0 Å². The molecule has 1 aromatic carbocycles. The molecule has 0 saturated carbocycles. The van der Waals surface area contributed by atoms with E-state index in [4.69, 9.17) is 10.5 Å². The maximum Gasteiger partial charge on any atom is 0.416 e. The van der Waals surface area contributed by atoms with Gasteiger partial charge in [-0.15, -0.1) is 0 Å². The SMILES string of the molecule is NC(CC1CCOC1)c1cccc(C(F)(F)F)c1. The van der Waals surface area contributed by atoms with E-state index in [1.807, 2.05) is 0 Å². The summed E-state index contributed by atoms with van der Waals surface area (Å²) in [6, 6.07) is 4.90. The molecule has 1 aliphatic rings. The van der Waals surface area contributed by atoms with E-state index >= 15 is 0 Å². The summed E-state index contributed by atoms with van der Waals surface area (Å²) in [5.41, 5.74) is 5.86. The van der Waals surface area contributed by atoms with Crippen molar-refractivity contribution in [2.75, 3.05) is 13.2 Å². The highest BCUT2D eigenvalue weighted by Crippen LogP contribution is 2.32. The van der Waals surface area contributed by atoms with Gasteiger partial charge in [-0.05, 0) is 36.5 Å². The number of hydrogen-bond acceptors (Lipinski definition) is 2. The summed E-state index contributed by atoms with van der Waals surface area (Å²) < 4.78 is 43.0. The van der Waals surface area contributed by atoms with Gasteiger partial charge in [0.05, 0.1) is 5.56 Å². The van der Waals surface area contributed by atoms with Crippen molar-refractivity contribution in [3.05, 3.63) is 35.4 Å². The molecule has 0 amide bonds. The molecule has 18 heavy (non-hydrogen) atoms. The number of benzene rings is 1. The Morgan fingerprint density at radius 3 is 2.78 bits per heavy atom. The third-order valence-electron chi connectivity index (χ3n) is 3.25. The lowest BCUT2D eigenvalue weighted by Crippen LogP contribution is -2.16. The minimum absolute atomic E-state index is 0.356. The number of hydrogen-bond donors (Lipinski definition) is 1. The van der Waals surface area contributed by atoms with Crippen molar-refractivity contribution in [3.8, 4) is 0 Å². The van der Waals surface area contributed by atoms with E-state index in [-0.39, 0.29) is 6.04 Å². The van der Waals surface area contributed by atoms with Gasteiger partial charge in [0.15, 0.2) is 0 Å². The summed E-state index contributed by atoms with van der Waals surface area (Å²) in [6.45, 7) is 1.38. The molecule has 2 rings (SSSR count). The molecule has 0 radical (unpaired) electrons. The molecule has 1 saturated heterocycles. The van der Waals surface area contributed by atoms with Gasteiger partial charge in [0.1, 0.15) is 0 Å². The molecule has 1 aliphatic heterocycles. The van der Waals surface area contributed by atoms with Crippen molar-refractivity contribution < 1.29 is 17.9 Å². The average Bonchev–Trinajstić information content (AvgIpc) is 2.81. The molecule has 0 spiro atoms. The second-order valence-corrected chi connectivity index (χ2v) is 4.70. The van der Waals surface area contributed by atoms with Crippen LogP contribution in [-0.4, -0.2) is 13.2 Å². The van der Waals surface area contributed by atoms with Gasteiger partial charge >= 0.3 is 6.18 Å². The first-order valence-electron chi connectivity index (χ1n) is 5.97. The number of rotatable bonds is 3. The van der Waals surface area contributed by atoms with E-state index in [2.05, 4.69) is 0 Å².